The highest BCUT2D eigenvalue weighted by Gasteiger charge is 2.31. The van der Waals surface area contributed by atoms with Crippen molar-refractivity contribution in [3.63, 3.8) is 0 Å². The number of nitrogens with zero attached hydrogens (tertiary/aromatic N) is 2. The van der Waals surface area contributed by atoms with E-state index in [2.05, 4.69) is 19.3 Å². The first-order valence-corrected chi connectivity index (χ1v) is 6.89. The normalized spacial score (nSPS) is 17.4. The van der Waals surface area contributed by atoms with Crippen LogP contribution in [0.4, 0.5) is 11.4 Å². The van der Waals surface area contributed by atoms with Gasteiger partial charge in [0.1, 0.15) is 5.69 Å². The van der Waals surface area contributed by atoms with Gasteiger partial charge in [-0.1, -0.05) is 19.9 Å². The maximum atomic E-state index is 12.6. The molecule has 21 heavy (non-hydrogen) atoms. The van der Waals surface area contributed by atoms with Gasteiger partial charge < -0.3 is 10.3 Å². The lowest BCUT2D eigenvalue weighted by Gasteiger charge is -2.38. The van der Waals surface area contributed by atoms with Crippen LogP contribution >= 0.6 is 0 Å². The molecule has 0 radical (unpaired) electrons. The summed E-state index contributed by atoms with van der Waals surface area (Å²) in [5.41, 5.74) is 2.47. The minimum Gasteiger partial charge on any atom is -0.338 e. The molecule has 7 heteroatoms. The standard InChI is InChI=1S/C14H20N4O3/c1-14(2)7-4-8-17(9-14)13(19)10-5-3-6-11(18(20)21)12(10)16-15/h3,5-6,16H,4,7-9,15H2,1-2H3. The minimum atomic E-state index is -0.549. The number of nitrogens with one attached hydrogen (secondary N) is 1. The van der Waals surface area contributed by atoms with E-state index in [0.29, 0.717) is 13.1 Å². The quantitative estimate of drug-likeness (QED) is 0.505. The number of anilines is 1. The summed E-state index contributed by atoms with van der Waals surface area (Å²) in [5, 5.41) is 11.0. The van der Waals surface area contributed by atoms with Crippen molar-refractivity contribution in [2.24, 2.45) is 11.3 Å². The van der Waals surface area contributed by atoms with Crippen LogP contribution in [0.3, 0.4) is 0 Å². The molecule has 0 spiro atoms. The van der Waals surface area contributed by atoms with Crippen LogP contribution in [-0.4, -0.2) is 28.8 Å². The molecule has 1 amide bonds. The zero-order valence-corrected chi connectivity index (χ0v) is 12.3. The highest BCUT2D eigenvalue weighted by atomic mass is 16.6. The number of benzene rings is 1. The number of rotatable bonds is 3. The van der Waals surface area contributed by atoms with Gasteiger partial charge in [-0.05, 0) is 24.3 Å². The first kappa shape index (κ1) is 15.2. The topological polar surface area (TPSA) is 102 Å². The summed E-state index contributed by atoms with van der Waals surface area (Å²) in [5.74, 6) is 5.16. The number of amides is 1. The Kier molecular flexibility index (Phi) is 4.13. The fraction of sp³-hybridized carbons (Fsp3) is 0.500. The van der Waals surface area contributed by atoms with Crippen molar-refractivity contribution in [2.75, 3.05) is 18.5 Å². The van der Waals surface area contributed by atoms with Gasteiger partial charge in [-0.25, -0.2) is 0 Å². The number of hydrogen-bond donors (Lipinski definition) is 2. The molecule has 1 aliphatic heterocycles. The van der Waals surface area contributed by atoms with E-state index in [4.69, 9.17) is 5.84 Å². The molecule has 0 unspecified atom stereocenters. The number of piperidine rings is 1. The molecule has 1 fully saturated rings. The van der Waals surface area contributed by atoms with Crippen molar-refractivity contribution in [3.8, 4) is 0 Å². The van der Waals surface area contributed by atoms with Gasteiger partial charge in [0.05, 0.1) is 10.5 Å². The molecule has 0 aromatic heterocycles. The summed E-state index contributed by atoms with van der Waals surface area (Å²) < 4.78 is 0. The van der Waals surface area contributed by atoms with Crippen molar-refractivity contribution in [2.45, 2.75) is 26.7 Å². The lowest BCUT2D eigenvalue weighted by molar-refractivity contribution is -0.384. The van der Waals surface area contributed by atoms with Gasteiger partial charge in [0, 0.05) is 19.2 Å². The van der Waals surface area contributed by atoms with Crippen LogP contribution in [0.15, 0.2) is 18.2 Å². The maximum absolute atomic E-state index is 12.6. The minimum absolute atomic E-state index is 0.0604. The van der Waals surface area contributed by atoms with Crippen molar-refractivity contribution in [1.29, 1.82) is 0 Å². The van der Waals surface area contributed by atoms with Crippen LogP contribution < -0.4 is 11.3 Å². The summed E-state index contributed by atoms with van der Waals surface area (Å²) in [6, 6.07) is 4.39. The van der Waals surface area contributed by atoms with E-state index in [1.54, 1.807) is 11.0 Å². The number of para-hydroxylation sites is 1. The lowest BCUT2D eigenvalue weighted by Crippen LogP contribution is -2.43. The Labute approximate surface area is 123 Å². The van der Waals surface area contributed by atoms with Crippen molar-refractivity contribution < 1.29 is 9.72 Å². The van der Waals surface area contributed by atoms with E-state index in [-0.39, 0.29) is 28.3 Å². The Morgan fingerprint density at radius 3 is 2.76 bits per heavy atom. The third kappa shape index (κ3) is 3.13. The molecule has 1 aromatic rings. The monoisotopic (exact) mass is 292 g/mol. The SMILES string of the molecule is CC1(C)CCCN(C(=O)c2cccc([N+](=O)[O-])c2NN)C1. The molecule has 1 heterocycles. The molecule has 114 valence electrons. The van der Waals surface area contributed by atoms with E-state index in [0.717, 1.165) is 12.8 Å². The van der Waals surface area contributed by atoms with Crippen LogP contribution in [0.25, 0.3) is 0 Å². The van der Waals surface area contributed by atoms with Gasteiger partial charge in [-0.15, -0.1) is 0 Å². The van der Waals surface area contributed by atoms with Crippen LogP contribution in [0, 0.1) is 15.5 Å². The number of hydrazine groups is 1. The highest BCUT2D eigenvalue weighted by molar-refractivity contribution is 6.01. The second-order valence-corrected chi connectivity index (χ2v) is 6.10. The summed E-state index contributed by atoms with van der Waals surface area (Å²) in [6.07, 6.45) is 1.99. The molecule has 7 nitrogen and oxygen atoms in total. The highest BCUT2D eigenvalue weighted by Crippen LogP contribution is 2.32. The summed E-state index contributed by atoms with van der Waals surface area (Å²) in [6.45, 7) is 5.53. The van der Waals surface area contributed by atoms with Crippen molar-refractivity contribution in [1.82, 2.24) is 4.90 Å². The third-order valence-electron chi connectivity index (χ3n) is 3.80. The predicted octanol–water partition coefficient (Wildman–Crippen LogP) is 2.14. The zero-order chi connectivity index (χ0) is 15.6. The second-order valence-electron chi connectivity index (χ2n) is 6.10. The van der Waals surface area contributed by atoms with Crippen molar-refractivity contribution in [3.05, 3.63) is 33.9 Å². The molecule has 0 aliphatic carbocycles. The largest absolute Gasteiger partial charge is 0.338 e. The molecule has 2 rings (SSSR count). The molecule has 3 N–H and O–H groups in total. The summed E-state index contributed by atoms with van der Waals surface area (Å²) in [4.78, 5) is 24.9. The summed E-state index contributed by atoms with van der Waals surface area (Å²) >= 11 is 0. The second kappa shape index (κ2) is 5.69. The van der Waals surface area contributed by atoms with E-state index in [1.807, 2.05) is 0 Å². The predicted molar refractivity (Wildman–Crippen MR) is 79.8 cm³/mol. The molecular weight excluding hydrogens is 272 g/mol. The smallest absolute Gasteiger partial charge is 0.294 e. The molecule has 0 bridgehead atoms. The Morgan fingerprint density at radius 2 is 2.19 bits per heavy atom. The van der Waals surface area contributed by atoms with Gasteiger partial charge in [0.2, 0.25) is 0 Å². The number of nitro benzene ring substituents is 1. The van der Waals surface area contributed by atoms with Crippen LogP contribution in [0.2, 0.25) is 0 Å². The number of carbonyl (C=O) groups is 1. The van der Waals surface area contributed by atoms with E-state index in [9.17, 15) is 14.9 Å². The van der Waals surface area contributed by atoms with Crippen molar-refractivity contribution >= 4 is 17.3 Å². The van der Waals surface area contributed by atoms with Gasteiger partial charge in [0.25, 0.3) is 11.6 Å². The Bertz CT molecular complexity index is 571. The number of nitrogens with two attached hydrogens (primary N) is 1. The third-order valence-corrected chi connectivity index (χ3v) is 3.80. The molecule has 0 atom stereocenters. The van der Waals surface area contributed by atoms with Crippen LogP contribution in [0.5, 0.6) is 0 Å². The van der Waals surface area contributed by atoms with Gasteiger partial charge in [0.15, 0.2) is 0 Å². The first-order chi connectivity index (χ1) is 9.85. The van der Waals surface area contributed by atoms with E-state index >= 15 is 0 Å². The number of likely N-dealkylation sites (tertiary alicyclic amines) is 1. The molecule has 1 saturated heterocycles. The number of nitro groups is 1. The first-order valence-electron chi connectivity index (χ1n) is 6.89. The van der Waals surface area contributed by atoms with Crippen LogP contribution in [-0.2, 0) is 0 Å². The molecule has 0 saturated carbocycles. The average Bonchev–Trinajstić information content (AvgIpc) is 2.44. The van der Waals surface area contributed by atoms with E-state index in [1.165, 1.54) is 12.1 Å². The lowest BCUT2D eigenvalue weighted by atomic mass is 9.84. The Morgan fingerprint density at radius 1 is 1.48 bits per heavy atom. The van der Waals surface area contributed by atoms with Gasteiger partial charge in [-0.3, -0.25) is 20.8 Å². The Hall–Kier alpha value is -2.15. The number of nitrogen functional groups attached to an aromatic ring is 1. The maximum Gasteiger partial charge on any atom is 0.294 e. The Balaban J connectivity index is 2.35. The molecule has 1 aliphatic rings. The molecular formula is C14H20N4O3. The molecule has 1 aromatic carbocycles. The van der Waals surface area contributed by atoms with Gasteiger partial charge >= 0.3 is 0 Å². The average molecular weight is 292 g/mol. The number of hydrogen-bond acceptors (Lipinski definition) is 5. The fourth-order valence-electron chi connectivity index (χ4n) is 2.79. The summed E-state index contributed by atoms with van der Waals surface area (Å²) in [7, 11) is 0. The zero-order valence-electron chi connectivity index (χ0n) is 12.3. The fourth-order valence-corrected chi connectivity index (χ4v) is 2.79. The number of carbonyl (C=O) groups excluding carboxylic acids is 1. The van der Waals surface area contributed by atoms with Crippen LogP contribution in [0.1, 0.15) is 37.0 Å². The van der Waals surface area contributed by atoms with E-state index < -0.39 is 4.92 Å². The van der Waals surface area contributed by atoms with Gasteiger partial charge in [-0.2, -0.15) is 0 Å².